The second-order valence-corrected chi connectivity index (χ2v) is 7.81. The fourth-order valence-corrected chi connectivity index (χ4v) is 2.63. The monoisotopic (exact) mass is 333 g/mol. The Morgan fingerprint density at radius 3 is 2.57 bits per heavy atom. The Balaban J connectivity index is 2.13. The van der Waals surface area contributed by atoms with Gasteiger partial charge in [0.05, 0.1) is 5.75 Å². The molecule has 1 aromatic rings. The molecule has 1 amide bonds. The molecule has 1 aromatic carbocycles. The van der Waals surface area contributed by atoms with Crippen molar-refractivity contribution in [1.29, 1.82) is 0 Å². The third-order valence-corrected chi connectivity index (χ3v) is 4.16. The largest absolute Gasteiger partial charge is 0.445 e. The molecule has 0 aliphatic carbocycles. The van der Waals surface area contributed by atoms with Crippen LogP contribution in [0.15, 0.2) is 30.3 Å². The summed E-state index contributed by atoms with van der Waals surface area (Å²) in [7, 11) is 1.70. The van der Waals surface area contributed by atoms with Gasteiger partial charge in [-0.1, -0.05) is 37.3 Å². The standard InChI is InChI=1S/C14H20ClNO4S/c1-12(8-10-21(15,18)19)7-9-16-14(17)20-11-13-5-3-2-4-6-13/h2-6,12H,7-11H2,1H3,(H,16,17). The Hall–Kier alpha value is -1.27. The van der Waals surface area contributed by atoms with Gasteiger partial charge in [0.2, 0.25) is 9.05 Å². The fourth-order valence-electron chi connectivity index (χ4n) is 1.68. The van der Waals surface area contributed by atoms with Gasteiger partial charge in [-0.25, -0.2) is 13.2 Å². The zero-order valence-electron chi connectivity index (χ0n) is 11.9. The molecule has 0 aliphatic heterocycles. The van der Waals surface area contributed by atoms with Crippen LogP contribution >= 0.6 is 10.7 Å². The maximum atomic E-state index is 11.5. The lowest BCUT2D eigenvalue weighted by molar-refractivity contribution is 0.139. The molecule has 0 spiro atoms. The summed E-state index contributed by atoms with van der Waals surface area (Å²) in [6.07, 6.45) is 0.676. The number of benzene rings is 1. The average Bonchev–Trinajstić information content (AvgIpc) is 2.43. The van der Waals surface area contributed by atoms with E-state index < -0.39 is 15.1 Å². The van der Waals surface area contributed by atoms with Crippen LogP contribution in [0.25, 0.3) is 0 Å². The van der Waals surface area contributed by atoms with Crippen LogP contribution in [0.2, 0.25) is 0 Å². The lowest BCUT2D eigenvalue weighted by atomic mass is 10.1. The first-order valence-corrected chi connectivity index (χ1v) is 9.21. The summed E-state index contributed by atoms with van der Waals surface area (Å²) < 4.78 is 26.7. The normalized spacial score (nSPS) is 12.7. The third-order valence-electron chi connectivity index (χ3n) is 2.97. The van der Waals surface area contributed by atoms with E-state index in [1.165, 1.54) is 0 Å². The van der Waals surface area contributed by atoms with E-state index >= 15 is 0 Å². The second-order valence-electron chi connectivity index (χ2n) is 4.91. The van der Waals surface area contributed by atoms with Crippen molar-refractivity contribution in [3.05, 3.63) is 35.9 Å². The van der Waals surface area contributed by atoms with E-state index in [9.17, 15) is 13.2 Å². The van der Waals surface area contributed by atoms with Gasteiger partial charge in [-0.15, -0.1) is 0 Å². The molecule has 1 rings (SSSR count). The molecule has 0 saturated carbocycles. The maximum Gasteiger partial charge on any atom is 0.407 e. The van der Waals surface area contributed by atoms with Gasteiger partial charge >= 0.3 is 6.09 Å². The predicted octanol–water partition coefficient (Wildman–Crippen LogP) is 2.90. The van der Waals surface area contributed by atoms with Gasteiger partial charge in [-0.3, -0.25) is 0 Å². The number of amides is 1. The highest BCUT2D eigenvalue weighted by molar-refractivity contribution is 8.13. The molecule has 0 saturated heterocycles. The van der Waals surface area contributed by atoms with Gasteiger partial charge in [0.1, 0.15) is 6.61 Å². The first kappa shape index (κ1) is 17.8. The Morgan fingerprint density at radius 1 is 1.29 bits per heavy atom. The van der Waals surface area contributed by atoms with Crippen molar-refractivity contribution in [3.63, 3.8) is 0 Å². The summed E-state index contributed by atoms with van der Waals surface area (Å²) in [6, 6.07) is 9.41. The molecular formula is C14H20ClNO4S. The van der Waals surface area contributed by atoms with Crippen LogP contribution < -0.4 is 5.32 Å². The van der Waals surface area contributed by atoms with E-state index in [0.717, 1.165) is 5.56 Å². The van der Waals surface area contributed by atoms with Gasteiger partial charge in [-0.05, 0) is 24.3 Å². The van der Waals surface area contributed by atoms with E-state index in [4.69, 9.17) is 15.4 Å². The minimum Gasteiger partial charge on any atom is -0.445 e. The average molecular weight is 334 g/mol. The van der Waals surface area contributed by atoms with Crippen LogP contribution in [0.1, 0.15) is 25.3 Å². The molecule has 1 unspecified atom stereocenters. The smallest absolute Gasteiger partial charge is 0.407 e. The van der Waals surface area contributed by atoms with Gasteiger partial charge in [0.25, 0.3) is 0 Å². The minimum absolute atomic E-state index is 0.0474. The highest BCUT2D eigenvalue weighted by Gasteiger charge is 2.10. The van der Waals surface area contributed by atoms with Crippen LogP contribution in [-0.4, -0.2) is 26.8 Å². The van der Waals surface area contributed by atoms with Crippen LogP contribution in [0.4, 0.5) is 4.79 Å². The van der Waals surface area contributed by atoms with Crippen molar-refractivity contribution in [2.24, 2.45) is 5.92 Å². The second kappa shape index (κ2) is 8.89. The molecule has 21 heavy (non-hydrogen) atoms. The molecule has 1 N–H and O–H groups in total. The molecule has 1 atom stereocenters. The van der Waals surface area contributed by atoms with E-state index in [-0.39, 0.29) is 18.3 Å². The quantitative estimate of drug-likeness (QED) is 0.742. The number of hydrogen-bond acceptors (Lipinski definition) is 4. The molecule has 0 bridgehead atoms. The Kier molecular flexibility index (Phi) is 7.53. The Bertz CT molecular complexity index is 533. The van der Waals surface area contributed by atoms with Gasteiger partial charge in [-0.2, -0.15) is 0 Å². The topological polar surface area (TPSA) is 72.5 Å². The van der Waals surface area contributed by atoms with Crippen LogP contribution in [-0.2, 0) is 20.4 Å². The number of hydrogen-bond donors (Lipinski definition) is 1. The SMILES string of the molecule is CC(CCNC(=O)OCc1ccccc1)CCS(=O)(=O)Cl. The summed E-state index contributed by atoms with van der Waals surface area (Å²) in [6.45, 7) is 2.59. The first-order chi connectivity index (χ1) is 9.87. The van der Waals surface area contributed by atoms with Crippen LogP contribution in [0, 0.1) is 5.92 Å². The molecule has 0 heterocycles. The highest BCUT2D eigenvalue weighted by atomic mass is 35.7. The number of ether oxygens (including phenoxy) is 1. The van der Waals surface area contributed by atoms with Crippen LogP contribution in [0.5, 0.6) is 0 Å². The zero-order chi connectivity index (χ0) is 15.7. The van der Waals surface area contributed by atoms with E-state index in [0.29, 0.717) is 19.4 Å². The van der Waals surface area contributed by atoms with Crippen molar-refractivity contribution in [2.45, 2.75) is 26.4 Å². The molecule has 0 aromatic heterocycles. The number of carbonyl (C=O) groups excluding carboxylic acids is 1. The van der Waals surface area contributed by atoms with Crippen molar-refractivity contribution >= 4 is 25.8 Å². The number of alkyl carbamates (subject to hydrolysis) is 1. The van der Waals surface area contributed by atoms with Crippen molar-refractivity contribution in [1.82, 2.24) is 5.32 Å². The Morgan fingerprint density at radius 2 is 1.95 bits per heavy atom. The van der Waals surface area contributed by atoms with Crippen molar-refractivity contribution < 1.29 is 17.9 Å². The van der Waals surface area contributed by atoms with E-state index in [1.54, 1.807) is 0 Å². The van der Waals surface area contributed by atoms with Gasteiger partial charge in [0, 0.05) is 17.2 Å². The summed E-state index contributed by atoms with van der Waals surface area (Å²) in [5.74, 6) is 0.113. The van der Waals surface area contributed by atoms with Crippen molar-refractivity contribution in [3.8, 4) is 0 Å². The lowest BCUT2D eigenvalue weighted by Gasteiger charge is -2.11. The summed E-state index contributed by atoms with van der Waals surface area (Å²) >= 11 is 0. The Labute approximate surface area is 130 Å². The molecule has 7 heteroatoms. The summed E-state index contributed by atoms with van der Waals surface area (Å²) in [5, 5.41) is 2.64. The highest BCUT2D eigenvalue weighted by Crippen LogP contribution is 2.10. The van der Waals surface area contributed by atoms with E-state index in [1.807, 2.05) is 37.3 Å². The third kappa shape index (κ3) is 9.31. The molecule has 0 radical (unpaired) electrons. The molecular weight excluding hydrogens is 314 g/mol. The zero-order valence-corrected chi connectivity index (χ0v) is 13.5. The fraction of sp³-hybridized carbons (Fsp3) is 0.500. The summed E-state index contributed by atoms with van der Waals surface area (Å²) in [4.78, 5) is 11.5. The number of rotatable bonds is 8. The predicted molar refractivity (Wildman–Crippen MR) is 82.7 cm³/mol. The molecule has 0 aliphatic rings. The number of halogens is 1. The van der Waals surface area contributed by atoms with Gasteiger partial charge < -0.3 is 10.1 Å². The minimum atomic E-state index is -3.44. The maximum absolute atomic E-state index is 11.5. The summed E-state index contributed by atoms with van der Waals surface area (Å²) in [5.41, 5.74) is 0.924. The number of nitrogens with one attached hydrogen (secondary N) is 1. The molecule has 5 nitrogen and oxygen atoms in total. The van der Waals surface area contributed by atoms with Crippen molar-refractivity contribution in [2.75, 3.05) is 12.3 Å². The lowest BCUT2D eigenvalue weighted by Crippen LogP contribution is -2.26. The first-order valence-electron chi connectivity index (χ1n) is 6.73. The molecule has 118 valence electrons. The van der Waals surface area contributed by atoms with Crippen LogP contribution in [0.3, 0.4) is 0 Å². The molecule has 0 fully saturated rings. The van der Waals surface area contributed by atoms with Gasteiger partial charge in [0.15, 0.2) is 0 Å². The van der Waals surface area contributed by atoms with E-state index in [2.05, 4.69) is 5.32 Å². The number of carbonyl (C=O) groups is 1.